The molecule has 3 heterocycles. The van der Waals surface area contributed by atoms with Gasteiger partial charge in [0.2, 0.25) is 0 Å². The van der Waals surface area contributed by atoms with Crippen LogP contribution in [-0.2, 0) is 0 Å². The lowest BCUT2D eigenvalue weighted by Crippen LogP contribution is -2.13. The van der Waals surface area contributed by atoms with Crippen LogP contribution in [0.1, 0.15) is 18.2 Å². The highest BCUT2D eigenvalue weighted by molar-refractivity contribution is 6.24. The summed E-state index contributed by atoms with van der Waals surface area (Å²) in [6.45, 7) is 6.31. The van der Waals surface area contributed by atoms with E-state index < -0.39 is 0 Å². The summed E-state index contributed by atoms with van der Waals surface area (Å²) < 4.78 is 4.29. The third-order valence-corrected chi connectivity index (χ3v) is 10.8. The fourth-order valence-corrected chi connectivity index (χ4v) is 8.61. The van der Waals surface area contributed by atoms with E-state index in [4.69, 9.17) is 0 Å². The highest BCUT2D eigenvalue weighted by atomic mass is 16.1. The number of allylic oxidation sites excluding steroid dienone is 1. The molecule has 0 amide bonds. The standard InChI is InChI=1S/C50H34N2O/c1-3-16-37-38-21-11-12-28-46(38)51(45(37)4-2)34-29-30-35(32-17-7-5-8-18-32)44(31-34)41-25-14-23-39-40-24-15-26-42-47-36(33-19-9-6-10-20-33)22-13-27-43(47)50(53)52(48(39)41)49(40)42/h3-31H,2H2,1H3/b16-3-. The molecule has 3 nitrogen and oxygen atoms in total. The minimum absolute atomic E-state index is 0.0114. The van der Waals surface area contributed by atoms with Crippen LogP contribution in [0.3, 0.4) is 0 Å². The van der Waals surface area contributed by atoms with Gasteiger partial charge >= 0.3 is 0 Å². The number of rotatable bonds is 6. The number of fused-ring (bicyclic) bond motifs is 6. The molecule has 0 unspecified atom stereocenters. The Labute approximate surface area is 307 Å². The van der Waals surface area contributed by atoms with Crippen molar-refractivity contribution in [2.24, 2.45) is 0 Å². The molecule has 0 N–H and O–H groups in total. The quantitative estimate of drug-likeness (QED) is 0.161. The van der Waals surface area contributed by atoms with Gasteiger partial charge in [-0.3, -0.25) is 9.20 Å². The third-order valence-electron chi connectivity index (χ3n) is 10.8. The first-order chi connectivity index (χ1) is 26.2. The summed E-state index contributed by atoms with van der Waals surface area (Å²) in [5.74, 6) is 0. The second-order valence-electron chi connectivity index (χ2n) is 13.6. The van der Waals surface area contributed by atoms with Crippen LogP contribution < -0.4 is 5.56 Å². The van der Waals surface area contributed by atoms with E-state index >= 15 is 4.79 Å². The van der Waals surface area contributed by atoms with E-state index in [1.807, 2.05) is 35.6 Å². The van der Waals surface area contributed by atoms with Gasteiger partial charge in [0.05, 0.1) is 22.2 Å². The summed E-state index contributed by atoms with van der Waals surface area (Å²) in [4.78, 5) is 15.0. The molecule has 0 spiro atoms. The summed E-state index contributed by atoms with van der Waals surface area (Å²) in [7, 11) is 0. The van der Waals surface area contributed by atoms with Crippen LogP contribution in [0.25, 0.3) is 100 Å². The Balaban J connectivity index is 1.34. The van der Waals surface area contributed by atoms with Crippen molar-refractivity contribution in [3.05, 3.63) is 192 Å². The van der Waals surface area contributed by atoms with Crippen molar-refractivity contribution in [2.45, 2.75) is 6.92 Å². The minimum Gasteiger partial charge on any atom is -0.309 e. The molecule has 0 saturated carbocycles. The zero-order valence-corrected chi connectivity index (χ0v) is 29.3. The van der Waals surface area contributed by atoms with Gasteiger partial charge in [0.15, 0.2) is 0 Å². The Morgan fingerprint density at radius 3 is 1.87 bits per heavy atom. The first-order valence-corrected chi connectivity index (χ1v) is 18.1. The summed E-state index contributed by atoms with van der Waals surface area (Å²) in [5.41, 5.74) is 12.6. The van der Waals surface area contributed by atoms with Gasteiger partial charge in [-0.15, -0.1) is 0 Å². The molecule has 0 aliphatic rings. The normalized spacial score (nSPS) is 11.9. The zero-order chi connectivity index (χ0) is 35.6. The van der Waals surface area contributed by atoms with Crippen molar-refractivity contribution in [1.29, 1.82) is 0 Å². The van der Waals surface area contributed by atoms with Gasteiger partial charge in [-0.05, 0) is 65.1 Å². The van der Waals surface area contributed by atoms with Gasteiger partial charge in [0, 0.05) is 49.1 Å². The molecule has 10 aromatic rings. The topological polar surface area (TPSA) is 26.4 Å². The summed E-state index contributed by atoms with van der Waals surface area (Å²) in [6.07, 6.45) is 6.20. The second-order valence-corrected chi connectivity index (χ2v) is 13.6. The van der Waals surface area contributed by atoms with Crippen LogP contribution >= 0.6 is 0 Å². The zero-order valence-electron chi connectivity index (χ0n) is 29.3. The maximum atomic E-state index is 15.0. The molecular weight excluding hydrogens is 645 g/mol. The Kier molecular flexibility index (Phi) is 7.02. The van der Waals surface area contributed by atoms with Gasteiger partial charge in [-0.25, -0.2) is 0 Å². The van der Waals surface area contributed by atoms with E-state index in [9.17, 15) is 0 Å². The largest absolute Gasteiger partial charge is 0.309 e. The molecule has 0 radical (unpaired) electrons. The lowest BCUT2D eigenvalue weighted by atomic mass is 9.92. The molecule has 250 valence electrons. The number of benzene rings is 7. The molecule has 53 heavy (non-hydrogen) atoms. The van der Waals surface area contributed by atoms with Crippen molar-refractivity contribution in [3.63, 3.8) is 0 Å². The van der Waals surface area contributed by atoms with E-state index in [0.29, 0.717) is 5.39 Å². The molecule has 3 heteroatoms. The lowest BCUT2D eigenvalue weighted by Gasteiger charge is -2.17. The van der Waals surface area contributed by atoms with Gasteiger partial charge < -0.3 is 4.57 Å². The SMILES string of the molecule is C=Cc1c(/C=C\C)c2ccccc2n1-c1ccc(-c2ccccc2)c(-c2cccc3c4cccc5c6c(-c7ccccc7)cccc6c(=O)n(c23)c45)c1. The molecule has 0 fully saturated rings. The van der Waals surface area contributed by atoms with Gasteiger partial charge in [0.1, 0.15) is 0 Å². The van der Waals surface area contributed by atoms with Crippen molar-refractivity contribution in [2.75, 3.05) is 0 Å². The van der Waals surface area contributed by atoms with E-state index in [-0.39, 0.29) is 5.56 Å². The van der Waals surface area contributed by atoms with Crippen LogP contribution in [-0.4, -0.2) is 8.97 Å². The Morgan fingerprint density at radius 2 is 1.13 bits per heavy atom. The van der Waals surface area contributed by atoms with Crippen molar-refractivity contribution < 1.29 is 0 Å². The van der Waals surface area contributed by atoms with Crippen LogP contribution in [0.5, 0.6) is 0 Å². The maximum absolute atomic E-state index is 15.0. The molecular formula is C50H34N2O. The number of hydrogen-bond acceptors (Lipinski definition) is 1. The number of pyridine rings is 1. The first kappa shape index (κ1) is 30.8. The van der Waals surface area contributed by atoms with E-state index in [1.54, 1.807) is 0 Å². The van der Waals surface area contributed by atoms with E-state index in [0.717, 1.165) is 88.4 Å². The average molecular weight is 679 g/mol. The van der Waals surface area contributed by atoms with Crippen LogP contribution in [0.4, 0.5) is 0 Å². The fraction of sp³-hybridized carbons (Fsp3) is 0.0200. The predicted molar refractivity (Wildman–Crippen MR) is 225 cm³/mol. The Morgan fingerprint density at radius 1 is 0.528 bits per heavy atom. The Hall–Kier alpha value is -6.97. The summed E-state index contributed by atoms with van der Waals surface area (Å²) in [6, 6.07) is 55.2. The summed E-state index contributed by atoms with van der Waals surface area (Å²) >= 11 is 0. The fourth-order valence-electron chi connectivity index (χ4n) is 8.61. The molecule has 10 rings (SSSR count). The molecule has 0 aliphatic carbocycles. The highest BCUT2D eigenvalue weighted by Crippen LogP contribution is 2.44. The minimum atomic E-state index is -0.0114. The molecule has 0 aliphatic heterocycles. The van der Waals surface area contributed by atoms with Gasteiger partial charge in [-0.2, -0.15) is 0 Å². The maximum Gasteiger partial charge on any atom is 0.263 e. The second kappa shape index (κ2) is 12.1. The van der Waals surface area contributed by atoms with Crippen LogP contribution in [0.15, 0.2) is 175 Å². The van der Waals surface area contributed by atoms with Crippen LogP contribution in [0, 0.1) is 0 Å². The smallest absolute Gasteiger partial charge is 0.263 e. The van der Waals surface area contributed by atoms with Crippen molar-refractivity contribution in [3.8, 4) is 39.1 Å². The molecule has 7 aromatic carbocycles. The highest BCUT2D eigenvalue weighted by Gasteiger charge is 2.23. The van der Waals surface area contributed by atoms with Crippen LogP contribution in [0.2, 0.25) is 0 Å². The number of para-hydroxylation sites is 3. The average Bonchev–Trinajstić information content (AvgIpc) is 3.73. The van der Waals surface area contributed by atoms with Gasteiger partial charge in [0.25, 0.3) is 5.56 Å². The molecule has 0 atom stereocenters. The third kappa shape index (κ3) is 4.51. The predicted octanol–water partition coefficient (Wildman–Crippen LogP) is 12.8. The van der Waals surface area contributed by atoms with Crippen molar-refractivity contribution >= 4 is 61.0 Å². The number of nitrogens with zero attached hydrogens (tertiary/aromatic N) is 2. The van der Waals surface area contributed by atoms with E-state index in [2.05, 4.69) is 163 Å². The number of aromatic nitrogens is 2. The summed E-state index contributed by atoms with van der Waals surface area (Å²) in [5, 5.41) is 6.07. The monoisotopic (exact) mass is 678 g/mol. The number of hydrogen-bond donors (Lipinski definition) is 0. The lowest BCUT2D eigenvalue weighted by molar-refractivity contribution is 1.11. The molecule has 0 saturated heterocycles. The van der Waals surface area contributed by atoms with Gasteiger partial charge in [-0.1, -0.05) is 152 Å². The van der Waals surface area contributed by atoms with Crippen molar-refractivity contribution in [1.82, 2.24) is 8.97 Å². The van der Waals surface area contributed by atoms with E-state index in [1.165, 1.54) is 5.39 Å². The molecule has 0 bridgehead atoms. The molecule has 3 aromatic heterocycles. The Bertz CT molecular complexity index is 3150. The first-order valence-electron chi connectivity index (χ1n) is 18.1.